The van der Waals surface area contributed by atoms with Gasteiger partial charge in [0.15, 0.2) is 0 Å². The summed E-state index contributed by atoms with van der Waals surface area (Å²) in [4.78, 5) is 2.34. The Morgan fingerprint density at radius 3 is 1.77 bits per heavy atom. The van der Waals surface area contributed by atoms with E-state index in [9.17, 15) is 0 Å². The van der Waals surface area contributed by atoms with Crippen molar-refractivity contribution in [2.75, 3.05) is 4.90 Å². The predicted octanol–water partition coefficient (Wildman–Crippen LogP) is 12.9. The topological polar surface area (TPSA) is 29.5 Å². The van der Waals surface area contributed by atoms with Crippen LogP contribution in [0.15, 0.2) is 173 Å². The summed E-state index contributed by atoms with van der Waals surface area (Å²) in [6, 6.07) is 58.0. The fourth-order valence-corrected chi connectivity index (χ4v) is 7.14. The number of hydrogen-bond donors (Lipinski definition) is 0. The Hall–Kier alpha value is -6.32. The maximum absolute atomic E-state index is 6.55. The van der Waals surface area contributed by atoms with Gasteiger partial charge in [-0.25, -0.2) is 0 Å². The van der Waals surface area contributed by atoms with Gasteiger partial charge in [0.25, 0.3) is 0 Å². The van der Waals surface area contributed by atoms with Crippen molar-refractivity contribution in [3.05, 3.63) is 164 Å². The van der Waals surface area contributed by atoms with E-state index in [1.165, 1.54) is 16.2 Å². The van der Waals surface area contributed by atoms with Gasteiger partial charge in [-0.15, -0.1) is 0 Å². The van der Waals surface area contributed by atoms with Crippen LogP contribution in [0.4, 0.5) is 17.1 Å². The molecule has 8 aromatic carbocycles. The molecule has 10 aromatic rings. The van der Waals surface area contributed by atoms with Crippen LogP contribution in [-0.4, -0.2) is 0 Å². The summed E-state index contributed by atoms with van der Waals surface area (Å²) in [6.45, 7) is 0. The van der Waals surface area contributed by atoms with Crippen LogP contribution in [0.25, 0.3) is 76.5 Å². The molecule has 220 valence electrons. The molecule has 0 aliphatic carbocycles. The van der Waals surface area contributed by atoms with Gasteiger partial charge in [-0.3, -0.25) is 0 Å². The molecular formula is C44H27NO2. The second-order valence-electron chi connectivity index (χ2n) is 12.2. The van der Waals surface area contributed by atoms with Gasteiger partial charge in [-0.05, 0) is 87.8 Å². The first kappa shape index (κ1) is 26.0. The number of rotatable bonds is 4. The van der Waals surface area contributed by atoms with Crippen LogP contribution in [0.1, 0.15) is 0 Å². The van der Waals surface area contributed by atoms with Crippen LogP contribution >= 0.6 is 0 Å². The maximum atomic E-state index is 6.55. The van der Waals surface area contributed by atoms with Crippen LogP contribution < -0.4 is 4.90 Å². The van der Waals surface area contributed by atoms with E-state index in [0.29, 0.717) is 0 Å². The van der Waals surface area contributed by atoms with Crippen molar-refractivity contribution in [2.45, 2.75) is 0 Å². The molecule has 0 radical (unpaired) electrons. The molecule has 0 atom stereocenters. The lowest BCUT2D eigenvalue weighted by molar-refractivity contribution is 0.669. The molecule has 2 heterocycles. The first-order chi connectivity index (χ1) is 23.3. The molecule has 0 bridgehead atoms. The molecule has 0 amide bonds. The van der Waals surface area contributed by atoms with Gasteiger partial charge in [0.2, 0.25) is 0 Å². The van der Waals surface area contributed by atoms with Crippen molar-refractivity contribution in [1.29, 1.82) is 0 Å². The van der Waals surface area contributed by atoms with E-state index in [1.807, 2.05) is 12.1 Å². The number of nitrogens with zero attached hydrogens (tertiary/aromatic N) is 1. The van der Waals surface area contributed by atoms with Gasteiger partial charge in [-0.1, -0.05) is 97.1 Å². The number of anilines is 3. The summed E-state index contributed by atoms with van der Waals surface area (Å²) in [5.41, 5.74) is 9.03. The Bertz CT molecular complexity index is 2790. The SMILES string of the molecule is c1ccc(-c2ccccc2N(c2ccc3cc4c(cc3c2)oc2ccccc24)c2ccc3c(c2)oc2cc4ccccc4cc23)cc1. The smallest absolute Gasteiger partial charge is 0.137 e. The number of para-hydroxylation sites is 2. The molecule has 0 aliphatic rings. The highest BCUT2D eigenvalue weighted by atomic mass is 16.3. The zero-order valence-corrected chi connectivity index (χ0v) is 25.4. The van der Waals surface area contributed by atoms with Crippen molar-refractivity contribution >= 4 is 82.5 Å². The summed E-state index contributed by atoms with van der Waals surface area (Å²) in [7, 11) is 0. The van der Waals surface area contributed by atoms with Gasteiger partial charge in [-0.2, -0.15) is 0 Å². The van der Waals surface area contributed by atoms with E-state index in [2.05, 4.69) is 157 Å². The highest BCUT2D eigenvalue weighted by molar-refractivity contribution is 6.12. The first-order valence-electron chi connectivity index (χ1n) is 15.9. The zero-order chi connectivity index (χ0) is 30.9. The van der Waals surface area contributed by atoms with Crippen LogP contribution in [0.2, 0.25) is 0 Å². The van der Waals surface area contributed by atoms with Crippen molar-refractivity contribution in [1.82, 2.24) is 0 Å². The molecule has 3 heteroatoms. The third kappa shape index (κ3) is 4.14. The van der Waals surface area contributed by atoms with E-state index in [1.54, 1.807) is 0 Å². The Morgan fingerprint density at radius 2 is 0.915 bits per heavy atom. The maximum Gasteiger partial charge on any atom is 0.137 e. The van der Waals surface area contributed by atoms with Crippen LogP contribution in [0.3, 0.4) is 0 Å². The van der Waals surface area contributed by atoms with Crippen LogP contribution in [0.5, 0.6) is 0 Å². The van der Waals surface area contributed by atoms with Crippen molar-refractivity contribution < 1.29 is 8.83 Å². The lowest BCUT2D eigenvalue weighted by Gasteiger charge is -2.28. The quantitative estimate of drug-likeness (QED) is 0.201. The molecule has 0 spiro atoms. The molecule has 0 unspecified atom stereocenters. The van der Waals surface area contributed by atoms with Gasteiger partial charge < -0.3 is 13.7 Å². The normalized spacial score (nSPS) is 11.8. The highest BCUT2D eigenvalue weighted by Gasteiger charge is 2.20. The fraction of sp³-hybridized carbons (Fsp3) is 0. The average molecular weight is 602 g/mol. The van der Waals surface area contributed by atoms with E-state index >= 15 is 0 Å². The second kappa shape index (κ2) is 10.1. The molecule has 0 saturated heterocycles. The van der Waals surface area contributed by atoms with Gasteiger partial charge in [0, 0.05) is 44.5 Å². The number of hydrogen-bond acceptors (Lipinski definition) is 3. The molecule has 3 nitrogen and oxygen atoms in total. The molecule has 10 rings (SSSR count). The largest absolute Gasteiger partial charge is 0.456 e. The monoisotopic (exact) mass is 601 g/mol. The number of benzene rings is 8. The Morgan fingerprint density at radius 1 is 0.340 bits per heavy atom. The Kier molecular flexibility index (Phi) is 5.57. The average Bonchev–Trinajstić information content (AvgIpc) is 3.67. The van der Waals surface area contributed by atoms with E-state index < -0.39 is 0 Å². The summed E-state index contributed by atoms with van der Waals surface area (Å²) in [6.07, 6.45) is 0. The van der Waals surface area contributed by atoms with Crippen LogP contribution in [-0.2, 0) is 0 Å². The fourth-order valence-electron chi connectivity index (χ4n) is 7.14. The summed E-state index contributed by atoms with van der Waals surface area (Å²) < 4.78 is 12.8. The molecule has 0 saturated carbocycles. The molecular weight excluding hydrogens is 574 g/mol. The summed E-state index contributed by atoms with van der Waals surface area (Å²) in [5, 5.41) is 9.18. The van der Waals surface area contributed by atoms with E-state index in [4.69, 9.17) is 8.83 Å². The number of furan rings is 2. The molecule has 47 heavy (non-hydrogen) atoms. The minimum Gasteiger partial charge on any atom is -0.456 e. The number of fused-ring (bicyclic) bond motifs is 8. The summed E-state index contributed by atoms with van der Waals surface area (Å²) >= 11 is 0. The Labute approximate surface area is 270 Å². The van der Waals surface area contributed by atoms with Gasteiger partial charge in [0.1, 0.15) is 22.3 Å². The van der Waals surface area contributed by atoms with Gasteiger partial charge in [0.05, 0.1) is 5.69 Å². The van der Waals surface area contributed by atoms with Crippen molar-refractivity contribution in [3.8, 4) is 11.1 Å². The minimum atomic E-state index is 0.861. The summed E-state index contributed by atoms with van der Waals surface area (Å²) in [5.74, 6) is 0. The standard InChI is InChI=1S/C44H27NO2/c1-2-10-28(11-3-1)35-14-6-8-16-40(35)45(33-19-18-31-24-38-36-15-7-9-17-41(36)46-43(38)26-32(31)22-33)34-20-21-37-39-23-29-12-4-5-13-30(29)25-42(39)47-44(37)27-34/h1-27H. The zero-order valence-electron chi connectivity index (χ0n) is 25.4. The third-order valence-electron chi connectivity index (χ3n) is 9.39. The molecule has 0 aliphatic heterocycles. The molecule has 0 N–H and O–H groups in total. The minimum absolute atomic E-state index is 0.861. The van der Waals surface area contributed by atoms with Crippen molar-refractivity contribution in [3.63, 3.8) is 0 Å². The van der Waals surface area contributed by atoms with Crippen molar-refractivity contribution in [2.24, 2.45) is 0 Å². The first-order valence-corrected chi connectivity index (χ1v) is 15.9. The second-order valence-corrected chi connectivity index (χ2v) is 12.2. The van der Waals surface area contributed by atoms with E-state index in [0.717, 1.165) is 77.5 Å². The predicted molar refractivity (Wildman–Crippen MR) is 196 cm³/mol. The lowest BCUT2D eigenvalue weighted by Crippen LogP contribution is -2.11. The highest BCUT2D eigenvalue weighted by Crippen LogP contribution is 2.44. The third-order valence-corrected chi connectivity index (χ3v) is 9.39. The van der Waals surface area contributed by atoms with Crippen LogP contribution in [0, 0.1) is 0 Å². The molecule has 0 fully saturated rings. The Balaban J connectivity index is 1.20. The molecule has 2 aromatic heterocycles. The van der Waals surface area contributed by atoms with Gasteiger partial charge >= 0.3 is 0 Å². The van der Waals surface area contributed by atoms with E-state index in [-0.39, 0.29) is 0 Å². The lowest BCUT2D eigenvalue weighted by atomic mass is 10.0.